The molecule has 1 N–H and O–H groups in total. The molecule has 96 valence electrons. The molecule has 18 heavy (non-hydrogen) atoms. The molecule has 0 fully saturated rings. The average Bonchev–Trinajstić information content (AvgIpc) is 2.65. The van der Waals surface area contributed by atoms with E-state index >= 15 is 0 Å². The van der Waals surface area contributed by atoms with E-state index in [4.69, 9.17) is 11.6 Å². The van der Waals surface area contributed by atoms with Crippen molar-refractivity contribution in [1.82, 2.24) is 15.1 Å². The Bertz CT molecular complexity index is 534. The fraction of sp³-hybridized carbons (Fsp3) is 0.357. The molecular weight excluding hydrogens is 246 g/mol. The number of aryl methyl sites for hydroxylation is 2. The van der Waals surface area contributed by atoms with Crippen LogP contribution in [-0.2, 0) is 13.6 Å². The SMILES string of the molecule is Cc1nn(C)cc1CN[C@@H](C)c1cccc(Cl)c1. The van der Waals surface area contributed by atoms with Gasteiger partial charge < -0.3 is 5.32 Å². The van der Waals surface area contributed by atoms with Crippen LogP contribution < -0.4 is 5.32 Å². The van der Waals surface area contributed by atoms with Crippen LogP contribution in [0.2, 0.25) is 5.02 Å². The van der Waals surface area contributed by atoms with Crippen LogP contribution in [0.5, 0.6) is 0 Å². The van der Waals surface area contributed by atoms with Crippen molar-refractivity contribution in [3.63, 3.8) is 0 Å². The van der Waals surface area contributed by atoms with Gasteiger partial charge in [0.2, 0.25) is 0 Å². The summed E-state index contributed by atoms with van der Waals surface area (Å²) in [6.07, 6.45) is 2.05. The maximum atomic E-state index is 5.99. The third-order valence-electron chi connectivity index (χ3n) is 3.06. The molecule has 0 saturated heterocycles. The largest absolute Gasteiger partial charge is 0.306 e. The van der Waals surface area contributed by atoms with Gasteiger partial charge in [-0.15, -0.1) is 0 Å². The molecule has 0 bridgehead atoms. The van der Waals surface area contributed by atoms with E-state index in [-0.39, 0.29) is 6.04 Å². The minimum absolute atomic E-state index is 0.267. The van der Waals surface area contributed by atoms with Crippen LogP contribution in [0.15, 0.2) is 30.5 Å². The summed E-state index contributed by atoms with van der Waals surface area (Å²) in [7, 11) is 1.94. The Morgan fingerprint density at radius 1 is 1.44 bits per heavy atom. The summed E-state index contributed by atoms with van der Waals surface area (Å²) in [6.45, 7) is 4.98. The van der Waals surface area contributed by atoms with Gasteiger partial charge in [0.1, 0.15) is 0 Å². The van der Waals surface area contributed by atoms with Crippen LogP contribution in [0.4, 0.5) is 0 Å². The quantitative estimate of drug-likeness (QED) is 0.918. The highest BCUT2D eigenvalue weighted by molar-refractivity contribution is 6.30. The van der Waals surface area contributed by atoms with Crippen LogP contribution in [0.25, 0.3) is 0 Å². The Hall–Kier alpha value is -1.32. The topological polar surface area (TPSA) is 29.9 Å². The first kappa shape index (κ1) is 13.1. The highest BCUT2D eigenvalue weighted by Gasteiger charge is 2.07. The van der Waals surface area contributed by atoms with Crippen LogP contribution in [0.1, 0.15) is 29.8 Å². The average molecular weight is 264 g/mol. The fourth-order valence-electron chi connectivity index (χ4n) is 1.98. The number of hydrogen-bond acceptors (Lipinski definition) is 2. The Morgan fingerprint density at radius 2 is 2.22 bits per heavy atom. The predicted molar refractivity (Wildman–Crippen MR) is 74.7 cm³/mol. The van der Waals surface area contributed by atoms with Crippen molar-refractivity contribution in [2.24, 2.45) is 7.05 Å². The predicted octanol–water partition coefficient (Wildman–Crippen LogP) is 3.23. The van der Waals surface area contributed by atoms with E-state index in [1.54, 1.807) is 0 Å². The molecule has 1 heterocycles. The second-order valence-corrected chi connectivity index (χ2v) is 5.01. The summed E-state index contributed by atoms with van der Waals surface area (Å²) in [5, 5.41) is 8.59. The van der Waals surface area contributed by atoms with E-state index in [9.17, 15) is 0 Å². The first-order valence-electron chi connectivity index (χ1n) is 6.04. The zero-order chi connectivity index (χ0) is 13.1. The number of nitrogens with one attached hydrogen (secondary N) is 1. The number of halogens is 1. The first-order valence-corrected chi connectivity index (χ1v) is 6.42. The van der Waals surface area contributed by atoms with Crippen LogP contribution in [-0.4, -0.2) is 9.78 Å². The Kier molecular flexibility index (Phi) is 4.04. The molecule has 0 amide bonds. The van der Waals surface area contributed by atoms with E-state index in [1.807, 2.05) is 43.0 Å². The highest BCUT2D eigenvalue weighted by atomic mass is 35.5. The molecular formula is C14H18ClN3. The number of benzene rings is 1. The third kappa shape index (κ3) is 3.12. The minimum atomic E-state index is 0.267. The minimum Gasteiger partial charge on any atom is -0.306 e. The fourth-order valence-corrected chi connectivity index (χ4v) is 2.18. The van der Waals surface area contributed by atoms with Gasteiger partial charge in [-0.25, -0.2) is 0 Å². The molecule has 0 spiro atoms. The molecule has 2 aromatic rings. The van der Waals surface area contributed by atoms with Gasteiger partial charge in [0.15, 0.2) is 0 Å². The van der Waals surface area contributed by atoms with Crippen LogP contribution in [0, 0.1) is 6.92 Å². The zero-order valence-corrected chi connectivity index (χ0v) is 11.7. The third-order valence-corrected chi connectivity index (χ3v) is 3.30. The lowest BCUT2D eigenvalue weighted by Gasteiger charge is -2.14. The van der Waals surface area contributed by atoms with Crippen LogP contribution >= 0.6 is 11.6 Å². The molecule has 4 heteroatoms. The molecule has 1 aromatic carbocycles. The van der Waals surface area contributed by atoms with Crippen LogP contribution in [0.3, 0.4) is 0 Å². The smallest absolute Gasteiger partial charge is 0.0638 e. The van der Waals surface area contributed by atoms with Gasteiger partial charge in [-0.05, 0) is 31.5 Å². The Balaban J connectivity index is 2.00. The van der Waals surface area contributed by atoms with Gasteiger partial charge in [-0.3, -0.25) is 4.68 Å². The van der Waals surface area contributed by atoms with E-state index in [0.717, 1.165) is 17.3 Å². The summed E-state index contributed by atoms with van der Waals surface area (Å²) >= 11 is 5.99. The molecule has 0 radical (unpaired) electrons. The zero-order valence-electron chi connectivity index (χ0n) is 10.9. The molecule has 0 aliphatic carbocycles. The monoisotopic (exact) mass is 263 g/mol. The lowest BCUT2D eigenvalue weighted by Crippen LogP contribution is -2.18. The lowest BCUT2D eigenvalue weighted by atomic mass is 10.1. The summed E-state index contributed by atoms with van der Waals surface area (Å²) in [5.74, 6) is 0. The molecule has 2 rings (SSSR count). The van der Waals surface area contributed by atoms with Crippen molar-refractivity contribution in [2.45, 2.75) is 26.4 Å². The Morgan fingerprint density at radius 3 is 2.83 bits per heavy atom. The standard InChI is InChI=1S/C14H18ClN3/c1-10(12-5-4-6-14(15)7-12)16-8-13-9-18(3)17-11(13)2/h4-7,9-10,16H,8H2,1-3H3/t10-/m0/s1. The van der Waals surface area contributed by atoms with Gasteiger partial charge in [0, 0.05) is 36.4 Å². The van der Waals surface area contributed by atoms with Gasteiger partial charge >= 0.3 is 0 Å². The highest BCUT2D eigenvalue weighted by Crippen LogP contribution is 2.18. The second-order valence-electron chi connectivity index (χ2n) is 4.57. The van der Waals surface area contributed by atoms with E-state index in [2.05, 4.69) is 23.4 Å². The molecule has 0 aliphatic rings. The lowest BCUT2D eigenvalue weighted by molar-refractivity contribution is 0.573. The molecule has 1 aromatic heterocycles. The van der Waals surface area contributed by atoms with Crippen molar-refractivity contribution in [3.05, 3.63) is 52.3 Å². The summed E-state index contributed by atoms with van der Waals surface area (Å²) < 4.78 is 1.84. The van der Waals surface area contributed by atoms with Crippen molar-refractivity contribution in [1.29, 1.82) is 0 Å². The maximum absolute atomic E-state index is 5.99. The molecule has 1 atom stereocenters. The second kappa shape index (κ2) is 5.55. The molecule has 3 nitrogen and oxygen atoms in total. The van der Waals surface area contributed by atoms with Gasteiger partial charge in [-0.1, -0.05) is 23.7 Å². The van der Waals surface area contributed by atoms with Crippen molar-refractivity contribution in [3.8, 4) is 0 Å². The van der Waals surface area contributed by atoms with E-state index in [0.29, 0.717) is 0 Å². The van der Waals surface area contributed by atoms with Crippen molar-refractivity contribution >= 4 is 11.6 Å². The van der Waals surface area contributed by atoms with Gasteiger partial charge in [-0.2, -0.15) is 5.10 Å². The number of hydrogen-bond donors (Lipinski definition) is 1. The van der Waals surface area contributed by atoms with E-state index < -0.39 is 0 Å². The number of rotatable bonds is 4. The molecule has 0 aliphatic heterocycles. The molecule has 0 unspecified atom stereocenters. The first-order chi connectivity index (χ1) is 8.56. The summed E-state index contributed by atoms with van der Waals surface area (Å²) in [4.78, 5) is 0. The van der Waals surface area contributed by atoms with E-state index in [1.165, 1.54) is 11.1 Å². The van der Waals surface area contributed by atoms with Gasteiger partial charge in [0.25, 0.3) is 0 Å². The van der Waals surface area contributed by atoms with Gasteiger partial charge in [0.05, 0.1) is 5.69 Å². The maximum Gasteiger partial charge on any atom is 0.0638 e. The molecule has 0 saturated carbocycles. The summed E-state index contributed by atoms with van der Waals surface area (Å²) in [6, 6.07) is 8.21. The normalized spacial score (nSPS) is 12.7. The number of aromatic nitrogens is 2. The van der Waals surface area contributed by atoms with Crippen molar-refractivity contribution < 1.29 is 0 Å². The Labute approximate surface area is 113 Å². The summed E-state index contributed by atoms with van der Waals surface area (Å²) in [5.41, 5.74) is 3.50. The van der Waals surface area contributed by atoms with Crippen molar-refractivity contribution in [2.75, 3.05) is 0 Å². The number of nitrogens with zero attached hydrogens (tertiary/aromatic N) is 2.